The van der Waals surface area contributed by atoms with Gasteiger partial charge in [0.05, 0.1) is 6.54 Å². The first-order valence-corrected chi connectivity index (χ1v) is 7.90. The van der Waals surface area contributed by atoms with Crippen molar-refractivity contribution < 1.29 is 4.42 Å². The van der Waals surface area contributed by atoms with Crippen molar-refractivity contribution >= 4 is 11.8 Å². The van der Waals surface area contributed by atoms with E-state index < -0.39 is 0 Å². The van der Waals surface area contributed by atoms with Gasteiger partial charge in [0.1, 0.15) is 11.5 Å². The molecule has 2 nitrogen and oxygen atoms in total. The molecule has 0 saturated heterocycles. The van der Waals surface area contributed by atoms with Gasteiger partial charge in [0.2, 0.25) is 0 Å². The normalized spacial score (nSPS) is 12.6. The maximum Gasteiger partial charge on any atom is 0.117 e. The Balaban J connectivity index is 1.90. The number of rotatable bonds is 6. The van der Waals surface area contributed by atoms with Crippen LogP contribution in [0.4, 0.5) is 0 Å². The monoisotopic (exact) mass is 275 g/mol. The Bertz CT molecular complexity index is 504. The summed E-state index contributed by atoms with van der Waals surface area (Å²) in [4.78, 5) is 1.30. The molecule has 0 radical (unpaired) electrons. The summed E-state index contributed by atoms with van der Waals surface area (Å²) in [5.74, 6) is 2.05. The fraction of sp³-hybridized carbons (Fsp3) is 0.375. The van der Waals surface area contributed by atoms with E-state index in [1.54, 1.807) is 11.8 Å². The molecule has 0 aliphatic carbocycles. The summed E-state index contributed by atoms with van der Waals surface area (Å²) in [6.45, 7) is 5.05. The van der Waals surface area contributed by atoms with E-state index in [0.29, 0.717) is 6.04 Å². The molecule has 0 aliphatic rings. The smallest absolute Gasteiger partial charge is 0.117 e. The van der Waals surface area contributed by atoms with Gasteiger partial charge in [0.15, 0.2) is 0 Å². The lowest BCUT2D eigenvalue weighted by Gasteiger charge is -2.13. The second-order valence-electron chi connectivity index (χ2n) is 4.60. The third-order valence-corrected chi connectivity index (χ3v) is 4.01. The van der Waals surface area contributed by atoms with Gasteiger partial charge < -0.3 is 9.73 Å². The Kier molecular flexibility index (Phi) is 5.11. The van der Waals surface area contributed by atoms with Crippen molar-refractivity contribution in [2.24, 2.45) is 0 Å². The molecular formula is C16H21NOS. The predicted octanol–water partition coefficient (Wildman–Crippen LogP) is 4.41. The molecule has 2 rings (SSSR count). The van der Waals surface area contributed by atoms with Gasteiger partial charge in [-0.25, -0.2) is 0 Å². The van der Waals surface area contributed by atoms with E-state index in [9.17, 15) is 0 Å². The van der Waals surface area contributed by atoms with Crippen molar-refractivity contribution in [3.63, 3.8) is 0 Å². The second kappa shape index (κ2) is 6.83. The largest absolute Gasteiger partial charge is 0.465 e. The third-order valence-electron chi connectivity index (χ3n) is 3.26. The number of nitrogens with one attached hydrogen (secondary N) is 1. The molecule has 0 bridgehead atoms. The summed E-state index contributed by atoms with van der Waals surface area (Å²) in [6.07, 6.45) is 3.05. The van der Waals surface area contributed by atoms with Crippen LogP contribution in [0.3, 0.4) is 0 Å². The van der Waals surface area contributed by atoms with E-state index in [4.69, 9.17) is 4.42 Å². The molecule has 1 aromatic heterocycles. The lowest BCUT2D eigenvalue weighted by Crippen LogP contribution is -2.17. The molecule has 1 unspecified atom stereocenters. The molecule has 1 heterocycles. The first-order valence-electron chi connectivity index (χ1n) is 6.68. The fourth-order valence-electron chi connectivity index (χ4n) is 1.97. The van der Waals surface area contributed by atoms with E-state index in [2.05, 4.69) is 61.8 Å². The average Bonchev–Trinajstić information content (AvgIpc) is 2.93. The zero-order chi connectivity index (χ0) is 13.7. The van der Waals surface area contributed by atoms with Crippen molar-refractivity contribution in [2.45, 2.75) is 37.8 Å². The summed E-state index contributed by atoms with van der Waals surface area (Å²) < 4.78 is 5.69. The quantitative estimate of drug-likeness (QED) is 0.790. The van der Waals surface area contributed by atoms with Crippen LogP contribution in [0.15, 0.2) is 45.7 Å². The van der Waals surface area contributed by atoms with Crippen LogP contribution in [-0.2, 0) is 13.0 Å². The van der Waals surface area contributed by atoms with Crippen LogP contribution >= 0.6 is 11.8 Å². The van der Waals surface area contributed by atoms with E-state index in [0.717, 1.165) is 24.5 Å². The van der Waals surface area contributed by atoms with Crippen LogP contribution in [-0.4, -0.2) is 6.26 Å². The lowest BCUT2D eigenvalue weighted by molar-refractivity contribution is 0.435. The number of hydrogen-bond donors (Lipinski definition) is 1. The number of thioether (sulfide) groups is 1. The zero-order valence-corrected chi connectivity index (χ0v) is 12.6. The molecule has 3 heteroatoms. The molecule has 0 amide bonds. The number of aryl methyl sites for hydroxylation is 1. The van der Waals surface area contributed by atoms with Crippen LogP contribution < -0.4 is 5.32 Å². The Morgan fingerprint density at radius 3 is 2.37 bits per heavy atom. The van der Waals surface area contributed by atoms with Crippen LogP contribution in [0.1, 0.15) is 37.0 Å². The molecule has 0 saturated carbocycles. The summed E-state index contributed by atoms with van der Waals surface area (Å²) in [5.41, 5.74) is 1.31. The van der Waals surface area contributed by atoms with Crippen LogP contribution in [0.5, 0.6) is 0 Å². The minimum atomic E-state index is 0.325. The van der Waals surface area contributed by atoms with Gasteiger partial charge in [0, 0.05) is 17.4 Å². The molecule has 1 aromatic carbocycles. The minimum Gasteiger partial charge on any atom is -0.465 e. The second-order valence-corrected chi connectivity index (χ2v) is 5.48. The maximum absolute atomic E-state index is 5.69. The van der Waals surface area contributed by atoms with E-state index >= 15 is 0 Å². The standard InChI is InChI=1S/C16H21NOS/c1-4-14-7-8-15(18-14)11-17-12(2)13-5-9-16(19-3)10-6-13/h5-10,12,17H,4,11H2,1-3H3. The molecule has 0 spiro atoms. The Hall–Kier alpha value is -1.19. The predicted molar refractivity (Wildman–Crippen MR) is 81.6 cm³/mol. The van der Waals surface area contributed by atoms with Crippen LogP contribution in [0, 0.1) is 0 Å². The van der Waals surface area contributed by atoms with Crippen LogP contribution in [0.25, 0.3) is 0 Å². The van der Waals surface area contributed by atoms with Gasteiger partial charge in [-0.1, -0.05) is 19.1 Å². The van der Waals surface area contributed by atoms with E-state index in [1.165, 1.54) is 10.5 Å². The zero-order valence-electron chi connectivity index (χ0n) is 11.8. The highest BCUT2D eigenvalue weighted by atomic mass is 32.2. The molecule has 1 N–H and O–H groups in total. The van der Waals surface area contributed by atoms with E-state index in [1.807, 2.05) is 0 Å². The highest BCUT2D eigenvalue weighted by Gasteiger charge is 2.06. The fourth-order valence-corrected chi connectivity index (χ4v) is 2.38. The third kappa shape index (κ3) is 3.88. The van der Waals surface area contributed by atoms with Crippen molar-refractivity contribution in [3.8, 4) is 0 Å². The Labute approximate surface area is 119 Å². The molecular weight excluding hydrogens is 254 g/mol. The SMILES string of the molecule is CCc1ccc(CNC(C)c2ccc(SC)cc2)o1. The first-order chi connectivity index (χ1) is 9.22. The van der Waals surface area contributed by atoms with Gasteiger partial charge in [0.25, 0.3) is 0 Å². The molecule has 0 aliphatic heterocycles. The minimum absolute atomic E-state index is 0.325. The molecule has 19 heavy (non-hydrogen) atoms. The van der Waals surface area contributed by atoms with Gasteiger partial charge in [-0.2, -0.15) is 0 Å². The number of furan rings is 1. The van der Waals surface area contributed by atoms with Crippen molar-refractivity contribution in [1.29, 1.82) is 0 Å². The van der Waals surface area contributed by atoms with E-state index in [-0.39, 0.29) is 0 Å². The van der Waals surface area contributed by atoms with Gasteiger partial charge in [-0.05, 0) is 43.0 Å². The summed E-state index contributed by atoms with van der Waals surface area (Å²) in [6, 6.07) is 13.1. The van der Waals surface area contributed by atoms with Gasteiger partial charge >= 0.3 is 0 Å². The molecule has 1 atom stereocenters. The lowest BCUT2D eigenvalue weighted by atomic mass is 10.1. The Morgan fingerprint density at radius 1 is 1.11 bits per heavy atom. The van der Waals surface area contributed by atoms with Crippen molar-refractivity contribution in [3.05, 3.63) is 53.5 Å². The Morgan fingerprint density at radius 2 is 1.79 bits per heavy atom. The maximum atomic E-state index is 5.69. The van der Waals surface area contributed by atoms with Gasteiger partial charge in [-0.3, -0.25) is 0 Å². The average molecular weight is 275 g/mol. The summed E-state index contributed by atoms with van der Waals surface area (Å²) in [7, 11) is 0. The number of benzene rings is 1. The highest BCUT2D eigenvalue weighted by molar-refractivity contribution is 7.98. The first kappa shape index (κ1) is 14.2. The van der Waals surface area contributed by atoms with Crippen molar-refractivity contribution in [2.75, 3.05) is 6.26 Å². The highest BCUT2D eigenvalue weighted by Crippen LogP contribution is 2.19. The topological polar surface area (TPSA) is 25.2 Å². The molecule has 2 aromatic rings. The molecule has 102 valence electrons. The van der Waals surface area contributed by atoms with Crippen LogP contribution in [0.2, 0.25) is 0 Å². The molecule has 0 fully saturated rings. The summed E-state index contributed by atoms with van der Waals surface area (Å²) >= 11 is 1.77. The summed E-state index contributed by atoms with van der Waals surface area (Å²) in [5, 5.41) is 3.49. The number of hydrogen-bond acceptors (Lipinski definition) is 3. The van der Waals surface area contributed by atoms with Crippen molar-refractivity contribution in [1.82, 2.24) is 5.32 Å². The van der Waals surface area contributed by atoms with Gasteiger partial charge in [-0.15, -0.1) is 11.8 Å².